The number of hydrogen-bond acceptors (Lipinski definition) is 4. The van der Waals surface area contributed by atoms with Crippen LogP contribution >= 0.6 is 0 Å². The van der Waals surface area contributed by atoms with E-state index in [9.17, 15) is 18.0 Å². The van der Waals surface area contributed by atoms with Gasteiger partial charge in [-0.15, -0.1) is 0 Å². The average Bonchev–Trinajstić information content (AvgIpc) is 3.59. The molecule has 0 aliphatic carbocycles. The topological polar surface area (TPSA) is 73.8 Å². The fourth-order valence-electron chi connectivity index (χ4n) is 5.28. The molecule has 0 N–H and O–H groups in total. The SMILES string of the molecule is Cc1cc2c(N3CCc4c(cc(Cn5ccnc5)cc4-c4cn(C)nc4C(F)(F)F)C3=O)ccnc2n1C. The van der Waals surface area contributed by atoms with Crippen LogP contribution in [0.5, 0.6) is 0 Å². The molecule has 0 spiro atoms. The standard InChI is InChI=1S/C27H24F3N7O/c1-16-10-21-23(4-6-32-25(21)35(16)3)37-8-5-18-19(22-14-34(2)33-24(22)27(28,29)30)11-17(12-20(18)26(37)38)13-36-9-7-31-15-36/h4,6-7,9-12,14-15H,5,8,13H2,1-3H3. The zero-order valence-electron chi connectivity index (χ0n) is 21.0. The molecule has 0 saturated heterocycles. The number of anilines is 1. The maximum atomic E-state index is 14.0. The van der Waals surface area contributed by atoms with E-state index in [1.54, 1.807) is 42.0 Å². The minimum absolute atomic E-state index is 0.0324. The molecule has 1 aliphatic heterocycles. The molecule has 0 atom stereocenters. The lowest BCUT2D eigenvalue weighted by atomic mass is 9.88. The van der Waals surface area contributed by atoms with Crippen molar-refractivity contribution in [2.75, 3.05) is 11.4 Å². The first-order valence-corrected chi connectivity index (χ1v) is 12.1. The Hall–Kier alpha value is -4.41. The Bertz CT molecular complexity index is 1700. The van der Waals surface area contributed by atoms with E-state index in [1.807, 2.05) is 35.2 Å². The van der Waals surface area contributed by atoms with Gasteiger partial charge in [0.1, 0.15) is 5.65 Å². The van der Waals surface area contributed by atoms with Gasteiger partial charge in [-0.1, -0.05) is 0 Å². The third-order valence-corrected chi connectivity index (χ3v) is 7.12. The van der Waals surface area contributed by atoms with E-state index in [0.717, 1.165) is 27.1 Å². The molecule has 0 saturated carbocycles. The van der Waals surface area contributed by atoms with Crippen LogP contribution in [0.25, 0.3) is 22.2 Å². The fourth-order valence-corrected chi connectivity index (χ4v) is 5.28. The van der Waals surface area contributed by atoms with Crippen LogP contribution in [0.2, 0.25) is 0 Å². The lowest BCUT2D eigenvalue weighted by Gasteiger charge is -2.31. The van der Waals surface area contributed by atoms with Crippen molar-refractivity contribution in [2.24, 2.45) is 14.1 Å². The maximum Gasteiger partial charge on any atom is 0.435 e. The summed E-state index contributed by atoms with van der Waals surface area (Å²) in [4.78, 5) is 24.2. The number of carbonyl (C=O) groups excluding carboxylic acids is 1. The predicted molar refractivity (Wildman–Crippen MR) is 136 cm³/mol. The first-order chi connectivity index (χ1) is 18.1. The van der Waals surface area contributed by atoms with Crippen molar-refractivity contribution in [3.63, 3.8) is 0 Å². The Labute approximate surface area is 216 Å². The minimum atomic E-state index is -4.64. The molecule has 1 aromatic carbocycles. The molecule has 0 fully saturated rings. The summed E-state index contributed by atoms with van der Waals surface area (Å²) < 4.78 is 46.8. The van der Waals surface area contributed by atoms with Gasteiger partial charge in [-0.3, -0.25) is 9.48 Å². The second-order valence-corrected chi connectivity index (χ2v) is 9.59. The lowest BCUT2D eigenvalue weighted by Crippen LogP contribution is -2.38. The number of aryl methyl sites for hydroxylation is 3. The molecule has 0 bridgehead atoms. The van der Waals surface area contributed by atoms with Crippen LogP contribution in [-0.4, -0.2) is 41.3 Å². The van der Waals surface area contributed by atoms with E-state index >= 15 is 0 Å². The van der Waals surface area contributed by atoms with Crippen molar-refractivity contribution in [2.45, 2.75) is 26.1 Å². The summed E-state index contributed by atoms with van der Waals surface area (Å²) in [7, 11) is 3.38. The molecule has 1 aliphatic rings. The van der Waals surface area contributed by atoms with Crippen molar-refractivity contribution >= 4 is 22.6 Å². The summed E-state index contributed by atoms with van der Waals surface area (Å²) in [5.74, 6) is -0.258. The number of pyridine rings is 1. The number of aromatic nitrogens is 6. The van der Waals surface area contributed by atoms with Gasteiger partial charge >= 0.3 is 6.18 Å². The molecule has 5 aromatic rings. The predicted octanol–water partition coefficient (Wildman–Crippen LogP) is 4.75. The maximum absolute atomic E-state index is 14.0. The molecular formula is C27H24F3N7O. The van der Waals surface area contributed by atoms with Crippen LogP contribution in [0.15, 0.2) is 55.4 Å². The van der Waals surface area contributed by atoms with E-state index in [2.05, 4.69) is 15.1 Å². The van der Waals surface area contributed by atoms with E-state index in [0.29, 0.717) is 41.8 Å². The van der Waals surface area contributed by atoms with Gasteiger partial charge in [0.25, 0.3) is 5.91 Å². The summed E-state index contributed by atoms with van der Waals surface area (Å²) in [5.41, 5.74) is 3.55. The van der Waals surface area contributed by atoms with Gasteiger partial charge < -0.3 is 14.0 Å². The molecule has 8 nitrogen and oxygen atoms in total. The third-order valence-electron chi connectivity index (χ3n) is 7.12. The van der Waals surface area contributed by atoms with Crippen LogP contribution in [0.4, 0.5) is 18.9 Å². The van der Waals surface area contributed by atoms with Gasteiger partial charge in [0.05, 0.1) is 12.0 Å². The molecule has 11 heteroatoms. The summed E-state index contributed by atoms with van der Waals surface area (Å²) in [6.07, 6.45) is 3.83. The number of rotatable bonds is 4. The minimum Gasteiger partial charge on any atom is -0.333 e. The quantitative estimate of drug-likeness (QED) is 0.344. The molecule has 0 unspecified atom stereocenters. The van der Waals surface area contributed by atoms with Crippen LogP contribution in [-0.2, 0) is 33.2 Å². The fraction of sp³-hybridized carbons (Fsp3) is 0.259. The van der Waals surface area contributed by atoms with Crippen molar-refractivity contribution in [3.8, 4) is 11.1 Å². The number of carbonyl (C=O) groups is 1. The molecule has 5 heterocycles. The summed E-state index contributed by atoms with van der Waals surface area (Å²) >= 11 is 0. The van der Waals surface area contributed by atoms with E-state index in [-0.39, 0.29) is 11.5 Å². The van der Waals surface area contributed by atoms with Crippen molar-refractivity contribution in [1.29, 1.82) is 0 Å². The smallest absolute Gasteiger partial charge is 0.333 e. The largest absolute Gasteiger partial charge is 0.435 e. The van der Waals surface area contributed by atoms with Crippen LogP contribution in [0.3, 0.4) is 0 Å². The number of amides is 1. The van der Waals surface area contributed by atoms with Gasteiger partial charge in [-0.25, -0.2) is 9.97 Å². The van der Waals surface area contributed by atoms with Gasteiger partial charge in [0.2, 0.25) is 0 Å². The highest BCUT2D eigenvalue weighted by atomic mass is 19.4. The van der Waals surface area contributed by atoms with Crippen molar-refractivity contribution < 1.29 is 18.0 Å². The first-order valence-electron chi connectivity index (χ1n) is 12.1. The number of imidazole rings is 1. The molecule has 38 heavy (non-hydrogen) atoms. The van der Waals surface area contributed by atoms with E-state index in [1.165, 1.54) is 13.2 Å². The zero-order valence-corrected chi connectivity index (χ0v) is 21.0. The number of hydrogen-bond donors (Lipinski definition) is 0. The van der Waals surface area contributed by atoms with E-state index in [4.69, 9.17) is 0 Å². The highest BCUT2D eigenvalue weighted by molar-refractivity contribution is 6.12. The molecule has 6 rings (SSSR count). The monoisotopic (exact) mass is 519 g/mol. The summed E-state index contributed by atoms with van der Waals surface area (Å²) in [6.45, 7) is 2.65. The Morgan fingerprint density at radius 2 is 1.84 bits per heavy atom. The summed E-state index contributed by atoms with van der Waals surface area (Å²) in [5, 5.41) is 4.56. The van der Waals surface area contributed by atoms with Gasteiger partial charge in [-0.2, -0.15) is 18.3 Å². The van der Waals surface area contributed by atoms with E-state index < -0.39 is 11.9 Å². The molecule has 1 amide bonds. The van der Waals surface area contributed by atoms with Crippen LogP contribution < -0.4 is 4.90 Å². The average molecular weight is 520 g/mol. The Morgan fingerprint density at radius 1 is 1.05 bits per heavy atom. The second-order valence-electron chi connectivity index (χ2n) is 9.59. The molecule has 0 radical (unpaired) electrons. The van der Waals surface area contributed by atoms with Gasteiger partial charge in [0, 0.05) is 74.2 Å². The third kappa shape index (κ3) is 3.85. The summed E-state index contributed by atoms with van der Waals surface area (Å²) in [6, 6.07) is 7.32. The lowest BCUT2D eigenvalue weighted by molar-refractivity contribution is -0.140. The Kier molecular flexibility index (Phi) is 5.41. The molecule has 194 valence electrons. The number of alkyl halides is 3. The highest BCUT2D eigenvalue weighted by Gasteiger charge is 2.39. The molecule has 4 aromatic heterocycles. The van der Waals surface area contributed by atoms with Crippen LogP contribution in [0, 0.1) is 6.92 Å². The number of benzene rings is 1. The zero-order chi connectivity index (χ0) is 26.8. The van der Waals surface area contributed by atoms with Gasteiger partial charge in [-0.05, 0) is 54.3 Å². The normalized spacial score (nSPS) is 13.9. The second kappa shape index (κ2) is 8.57. The number of fused-ring (bicyclic) bond motifs is 2. The van der Waals surface area contributed by atoms with Crippen LogP contribution in [0.1, 0.15) is 32.9 Å². The number of nitrogens with zero attached hydrogens (tertiary/aromatic N) is 7. The van der Waals surface area contributed by atoms with Crippen molar-refractivity contribution in [3.05, 3.63) is 83.5 Å². The Balaban J connectivity index is 1.52. The first kappa shape index (κ1) is 24.0. The van der Waals surface area contributed by atoms with Gasteiger partial charge in [0.15, 0.2) is 5.69 Å². The highest BCUT2D eigenvalue weighted by Crippen LogP contribution is 2.41. The van der Waals surface area contributed by atoms with Crippen molar-refractivity contribution in [1.82, 2.24) is 28.9 Å². The molecular weight excluding hydrogens is 495 g/mol. The Morgan fingerprint density at radius 3 is 2.58 bits per heavy atom. The number of halogens is 3.